The smallest absolute Gasteiger partial charge is 0.233 e. The summed E-state index contributed by atoms with van der Waals surface area (Å²) < 4.78 is 2.07. The lowest BCUT2D eigenvalue weighted by atomic mass is 10.1. The van der Waals surface area contributed by atoms with Gasteiger partial charge < -0.3 is 0 Å². The zero-order valence-corrected chi connectivity index (χ0v) is 16.9. The lowest BCUT2D eigenvalue weighted by molar-refractivity contribution is -0.118. The van der Waals surface area contributed by atoms with Crippen molar-refractivity contribution in [2.45, 2.75) is 13.0 Å². The lowest BCUT2D eigenvalue weighted by Gasteiger charge is -2.20. The average molecular weight is 437 g/mol. The second-order valence-electron chi connectivity index (χ2n) is 6.24. The SMILES string of the molecule is O=C(Cc1ccccc1)N(Cc1ccccc1)c1nc2ccc(Br)cc2s1. The fourth-order valence-electron chi connectivity index (χ4n) is 2.90. The van der Waals surface area contributed by atoms with Gasteiger partial charge >= 0.3 is 0 Å². The van der Waals surface area contributed by atoms with E-state index in [0.717, 1.165) is 30.9 Å². The van der Waals surface area contributed by atoms with Crippen molar-refractivity contribution in [2.24, 2.45) is 0 Å². The highest BCUT2D eigenvalue weighted by Crippen LogP contribution is 2.32. The van der Waals surface area contributed by atoms with Crippen LogP contribution < -0.4 is 4.90 Å². The first kappa shape index (κ1) is 17.9. The molecule has 0 spiro atoms. The Hall–Kier alpha value is -2.50. The fraction of sp³-hybridized carbons (Fsp3) is 0.0909. The molecule has 4 rings (SSSR count). The second-order valence-corrected chi connectivity index (χ2v) is 8.16. The van der Waals surface area contributed by atoms with Crippen molar-refractivity contribution in [1.29, 1.82) is 0 Å². The van der Waals surface area contributed by atoms with Gasteiger partial charge in [-0.2, -0.15) is 0 Å². The molecule has 0 bridgehead atoms. The average Bonchev–Trinajstić information content (AvgIpc) is 3.10. The third kappa shape index (κ3) is 4.26. The molecule has 0 N–H and O–H groups in total. The number of hydrogen-bond acceptors (Lipinski definition) is 3. The van der Waals surface area contributed by atoms with Gasteiger partial charge in [-0.1, -0.05) is 87.9 Å². The molecule has 0 saturated heterocycles. The Bertz CT molecular complexity index is 1060. The molecule has 134 valence electrons. The molecule has 1 amide bonds. The van der Waals surface area contributed by atoms with E-state index in [1.165, 1.54) is 0 Å². The molecule has 1 heterocycles. The minimum atomic E-state index is 0.0446. The monoisotopic (exact) mass is 436 g/mol. The van der Waals surface area contributed by atoms with Gasteiger partial charge in [0, 0.05) is 4.47 Å². The Balaban J connectivity index is 1.68. The number of hydrogen-bond donors (Lipinski definition) is 0. The molecule has 0 saturated carbocycles. The van der Waals surface area contributed by atoms with Crippen molar-refractivity contribution < 1.29 is 4.79 Å². The minimum Gasteiger partial charge on any atom is -0.283 e. The minimum absolute atomic E-state index is 0.0446. The highest BCUT2D eigenvalue weighted by Gasteiger charge is 2.20. The number of rotatable bonds is 5. The van der Waals surface area contributed by atoms with Crippen LogP contribution in [0, 0.1) is 0 Å². The summed E-state index contributed by atoms with van der Waals surface area (Å²) in [4.78, 5) is 19.7. The lowest BCUT2D eigenvalue weighted by Crippen LogP contribution is -2.31. The van der Waals surface area contributed by atoms with Gasteiger partial charge in [-0.25, -0.2) is 4.98 Å². The molecule has 0 fully saturated rings. The van der Waals surface area contributed by atoms with Crippen molar-refractivity contribution >= 4 is 48.5 Å². The molecule has 3 nitrogen and oxygen atoms in total. The third-order valence-corrected chi connectivity index (χ3v) is 5.79. The number of nitrogens with zero attached hydrogens (tertiary/aromatic N) is 2. The zero-order valence-electron chi connectivity index (χ0n) is 14.5. The Morgan fingerprint density at radius 3 is 2.30 bits per heavy atom. The predicted molar refractivity (Wildman–Crippen MR) is 115 cm³/mol. The second kappa shape index (κ2) is 8.03. The number of fused-ring (bicyclic) bond motifs is 1. The van der Waals surface area contributed by atoms with Gasteiger partial charge in [0.25, 0.3) is 0 Å². The Morgan fingerprint density at radius 1 is 0.926 bits per heavy atom. The number of amides is 1. The van der Waals surface area contributed by atoms with Crippen LogP contribution in [0.25, 0.3) is 10.2 Å². The van der Waals surface area contributed by atoms with Crippen molar-refractivity contribution in [3.05, 3.63) is 94.5 Å². The summed E-state index contributed by atoms with van der Waals surface area (Å²) >= 11 is 5.05. The number of aromatic nitrogens is 1. The van der Waals surface area contributed by atoms with Crippen LogP contribution in [0.1, 0.15) is 11.1 Å². The third-order valence-electron chi connectivity index (χ3n) is 4.25. The van der Waals surface area contributed by atoms with E-state index in [1.807, 2.05) is 78.9 Å². The highest BCUT2D eigenvalue weighted by molar-refractivity contribution is 9.10. The summed E-state index contributed by atoms with van der Waals surface area (Å²) in [5.41, 5.74) is 2.99. The highest BCUT2D eigenvalue weighted by atomic mass is 79.9. The molecule has 4 aromatic rings. The topological polar surface area (TPSA) is 33.2 Å². The number of carbonyl (C=O) groups is 1. The summed E-state index contributed by atoms with van der Waals surface area (Å²) in [6, 6.07) is 25.9. The van der Waals surface area contributed by atoms with Crippen molar-refractivity contribution in [3.63, 3.8) is 0 Å². The van der Waals surface area contributed by atoms with E-state index in [1.54, 1.807) is 16.2 Å². The van der Waals surface area contributed by atoms with Crippen LogP contribution in [0.4, 0.5) is 5.13 Å². The first-order chi connectivity index (χ1) is 13.2. The Morgan fingerprint density at radius 2 is 1.59 bits per heavy atom. The Kier molecular flexibility index (Phi) is 5.32. The fourth-order valence-corrected chi connectivity index (χ4v) is 4.43. The zero-order chi connectivity index (χ0) is 18.6. The maximum atomic E-state index is 13.1. The van der Waals surface area contributed by atoms with Crippen molar-refractivity contribution in [1.82, 2.24) is 4.98 Å². The van der Waals surface area contributed by atoms with Gasteiger partial charge in [-0.05, 0) is 29.3 Å². The van der Waals surface area contributed by atoms with E-state index in [0.29, 0.717) is 13.0 Å². The number of carbonyl (C=O) groups excluding carboxylic acids is 1. The van der Waals surface area contributed by atoms with Gasteiger partial charge in [-0.15, -0.1) is 0 Å². The predicted octanol–water partition coefficient (Wildman–Crippen LogP) is 5.83. The van der Waals surface area contributed by atoms with E-state index in [2.05, 4.69) is 15.9 Å². The molecule has 1 aromatic heterocycles. The summed E-state index contributed by atoms with van der Waals surface area (Å²) in [5, 5.41) is 0.730. The molecular formula is C22H17BrN2OS. The van der Waals surface area contributed by atoms with Gasteiger partial charge in [0.05, 0.1) is 23.2 Å². The molecule has 3 aromatic carbocycles. The van der Waals surface area contributed by atoms with E-state index in [-0.39, 0.29) is 5.91 Å². The summed E-state index contributed by atoms with van der Waals surface area (Å²) in [6.45, 7) is 0.507. The van der Waals surface area contributed by atoms with E-state index < -0.39 is 0 Å². The van der Waals surface area contributed by atoms with Gasteiger partial charge in [-0.3, -0.25) is 9.69 Å². The van der Waals surface area contributed by atoms with E-state index in [4.69, 9.17) is 4.98 Å². The molecule has 0 unspecified atom stereocenters. The first-order valence-corrected chi connectivity index (χ1v) is 10.2. The standard InChI is InChI=1S/C22H17BrN2OS/c23-18-11-12-19-20(14-18)27-22(24-19)25(15-17-9-5-2-6-10-17)21(26)13-16-7-3-1-4-8-16/h1-12,14H,13,15H2. The molecule has 5 heteroatoms. The van der Waals surface area contributed by atoms with Crippen LogP contribution in [-0.4, -0.2) is 10.9 Å². The van der Waals surface area contributed by atoms with Crippen LogP contribution in [-0.2, 0) is 17.8 Å². The van der Waals surface area contributed by atoms with Crippen LogP contribution in [0.5, 0.6) is 0 Å². The molecular weight excluding hydrogens is 420 g/mol. The van der Waals surface area contributed by atoms with E-state index >= 15 is 0 Å². The summed E-state index contributed by atoms with van der Waals surface area (Å²) in [5.74, 6) is 0.0446. The summed E-state index contributed by atoms with van der Waals surface area (Å²) in [7, 11) is 0. The van der Waals surface area contributed by atoms with Gasteiger partial charge in [0.15, 0.2) is 5.13 Å². The molecule has 0 atom stereocenters. The largest absolute Gasteiger partial charge is 0.283 e. The Labute approximate surface area is 170 Å². The van der Waals surface area contributed by atoms with Crippen LogP contribution in [0.3, 0.4) is 0 Å². The molecule has 27 heavy (non-hydrogen) atoms. The quantitative estimate of drug-likeness (QED) is 0.393. The van der Waals surface area contributed by atoms with Gasteiger partial charge in [0.1, 0.15) is 0 Å². The van der Waals surface area contributed by atoms with Crippen molar-refractivity contribution in [3.8, 4) is 0 Å². The number of thiazole rings is 1. The number of benzene rings is 3. The van der Waals surface area contributed by atoms with Gasteiger partial charge in [0.2, 0.25) is 5.91 Å². The molecule has 0 aliphatic rings. The van der Waals surface area contributed by atoms with E-state index in [9.17, 15) is 4.79 Å². The number of anilines is 1. The van der Waals surface area contributed by atoms with Crippen LogP contribution in [0.2, 0.25) is 0 Å². The summed E-state index contributed by atoms with van der Waals surface area (Å²) in [6.07, 6.45) is 0.354. The van der Waals surface area contributed by atoms with Crippen molar-refractivity contribution in [2.75, 3.05) is 4.90 Å². The maximum Gasteiger partial charge on any atom is 0.233 e. The first-order valence-electron chi connectivity index (χ1n) is 8.63. The maximum absolute atomic E-state index is 13.1. The van der Waals surface area contributed by atoms with Crippen LogP contribution in [0.15, 0.2) is 83.3 Å². The molecule has 0 radical (unpaired) electrons. The molecule has 0 aliphatic carbocycles. The molecule has 0 aliphatic heterocycles. The van der Waals surface area contributed by atoms with Crippen LogP contribution >= 0.6 is 27.3 Å². The normalized spacial score (nSPS) is 10.9. The number of halogens is 1.